The highest BCUT2D eigenvalue weighted by atomic mass is 19.4. The van der Waals surface area contributed by atoms with E-state index in [0.29, 0.717) is 5.82 Å². The van der Waals surface area contributed by atoms with Crippen molar-refractivity contribution < 1.29 is 18.0 Å². The average molecular weight is 259 g/mol. The molecule has 0 aliphatic rings. The van der Waals surface area contributed by atoms with Crippen LogP contribution in [0.4, 0.5) is 13.2 Å². The first-order chi connectivity index (χ1) is 8.47. The molecule has 1 aromatic carbocycles. The van der Waals surface area contributed by atoms with Crippen molar-refractivity contribution in [3.05, 3.63) is 30.1 Å². The third-order valence-electron chi connectivity index (χ3n) is 2.45. The van der Waals surface area contributed by atoms with Crippen LogP contribution >= 0.6 is 0 Å². The van der Waals surface area contributed by atoms with Crippen LogP contribution < -0.4 is 5.48 Å². The maximum Gasteiger partial charge on any atom is 0.413 e. The van der Waals surface area contributed by atoms with Crippen LogP contribution in [-0.4, -0.2) is 22.3 Å². The number of aryl methyl sites for hydroxylation is 1. The van der Waals surface area contributed by atoms with E-state index in [-0.39, 0.29) is 6.54 Å². The predicted octanol–water partition coefficient (Wildman–Crippen LogP) is 2.16. The van der Waals surface area contributed by atoms with E-state index in [2.05, 4.69) is 15.3 Å². The molecule has 0 unspecified atom stereocenters. The maximum absolute atomic E-state index is 11.8. The first-order valence-corrected chi connectivity index (χ1v) is 5.29. The summed E-state index contributed by atoms with van der Waals surface area (Å²) < 4.78 is 37.3. The Labute approximate surface area is 101 Å². The van der Waals surface area contributed by atoms with Gasteiger partial charge in [-0.3, -0.25) is 4.84 Å². The molecule has 1 heterocycles. The van der Waals surface area contributed by atoms with Crippen molar-refractivity contribution in [1.82, 2.24) is 15.0 Å². The minimum absolute atomic E-state index is 0.112. The molecule has 7 heteroatoms. The van der Waals surface area contributed by atoms with Crippen molar-refractivity contribution in [3.8, 4) is 0 Å². The molecule has 4 nitrogen and oxygen atoms in total. The molecule has 0 amide bonds. The molecule has 18 heavy (non-hydrogen) atoms. The van der Waals surface area contributed by atoms with Crippen LogP contribution in [0.15, 0.2) is 24.3 Å². The Morgan fingerprint density at radius 3 is 2.72 bits per heavy atom. The second kappa shape index (κ2) is 4.95. The fourth-order valence-electron chi connectivity index (χ4n) is 1.60. The van der Waals surface area contributed by atoms with E-state index in [4.69, 9.17) is 0 Å². The molecule has 0 atom stereocenters. The van der Waals surface area contributed by atoms with Gasteiger partial charge in [0.25, 0.3) is 0 Å². The molecule has 1 aromatic heterocycles. The Morgan fingerprint density at radius 1 is 1.33 bits per heavy atom. The Morgan fingerprint density at radius 2 is 2.06 bits per heavy atom. The quantitative estimate of drug-likeness (QED) is 0.675. The number of hydroxylamine groups is 1. The summed E-state index contributed by atoms with van der Waals surface area (Å²) in [6.45, 7) is -1.21. The fourth-order valence-corrected chi connectivity index (χ4v) is 1.60. The zero-order valence-electron chi connectivity index (χ0n) is 9.66. The van der Waals surface area contributed by atoms with Crippen LogP contribution in [0.5, 0.6) is 0 Å². The van der Waals surface area contributed by atoms with E-state index in [1.54, 1.807) is 11.6 Å². The number of benzene rings is 1. The lowest BCUT2D eigenvalue weighted by Crippen LogP contribution is -2.25. The first-order valence-electron chi connectivity index (χ1n) is 5.29. The van der Waals surface area contributed by atoms with E-state index < -0.39 is 12.8 Å². The number of hydrogen-bond acceptors (Lipinski definition) is 3. The molecule has 0 saturated heterocycles. The molecule has 0 spiro atoms. The fraction of sp³-hybridized carbons (Fsp3) is 0.364. The monoisotopic (exact) mass is 259 g/mol. The van der Waals surface area contributed by atoms with Gasteiger partial charge in [0, 0.05) is 7.05 Å². The van der Waals surface area contributed by atoms with Crippen molar-refractivity contribution in [2.75, 3.05) is 6.61 Å². The zero-order chi connectivity index (χ0) is 13.2. The van der Waals surface area contributed by atoms with Crippen molar-refractivity contribution in [2.45, 2.75) is 12.7 Å². The van der Waals surface area contributed by atoms with Gasteiger partial charge in [-0.1, -0.05) is 12.1 Å². The van der Waals surface area contributed by atoms with E-state index in [1.807, 2.05) is 24.3 Å². The summed E-state index contributed by atoms with van der Waals surface area (Å²) >= 11 is 0. The Kier molecular flexibility index (Phi) is 3.53. The van der Waals surface area contributed by atoms with Crippen LogP contribution in [-0.2, 0) is 18.4 Å². The predicted molar refractivity (Wildman–Crippen MR) is 59.6 cm³/mol. The lowest BCUT2D eigenvalue weighted by atomic mass is 10.3. The standard InChI is InChI=1S/C11H12F3N3O/c1-17-9-5-3-2-4-8(9)16-10(17)6-15-18-7-11(12,13)14/h2-5,15H,6-7H2,1H3. The highest BCUT2D eigenvalue weighted by Gasteiger charge is 2.27. The summed E-state index contributed by atoms with van der Waals surface area (Å²) in [7, 11) is 1.80. The van der Waals surface area contributed by atoms with Gasteiger partial charge in [-0.05, 0) is 12.1 Å². The number of hydrogen-bond donors (Lipinski definition) is 1. The van der Waals surface area contributed by atoms with Crippen LogP contribution in [0, 0.1) is 0 Å². The summed E-state index contributed by atoms with van der Waals surface area (Å²) in [5.41, 5.74) is 3.98. The number of para-hydroxylation sites is 2. The Balaban J connectivity index is 1.98. The Bertz CT molecular complexity index is 536. The molecule has 2 rings (SSSR count). The number of imidazole rings is 1. The van der Waals surface area contributed by atoms with Crippen molar-refractivity contribution >= 4 is 11.0 Å². The number of aromatic nitrogens is 2. The van der Waals surface area contributed by atoms with Crippen LogP contribution in [0.1, 0.15) is 5.82 Å². The molecule has 0 bridgehead atoms. The SMILES string of the molecule is Cn1c(CNOCC(F)(F)F)nc2ccccc21. The second-order valence-corrected chi connectivity index (χ2v) is 3.80. The molecule has 98 valence electrons. The molecular weight excluding hydrogens is 247 g/mol. The number of fused-ring (bicyclic) bond motifs is 1. The van der Waals surface area contributed by atoms with Gasteiger partial charge in [0.05, 0.1) is 17.6 Å². The number of halogens is 3. The molecule has 2 aromatic rings. The highest BCUT2D eigenvalue weighted by Crippen LogP contribution is 2.15. The van der Waals surface area contributed by atoms with E-state index >= 15 is 0 Å². The third kappa shape index (κ3) is 2.99. The molecule has 0 saturated carbocycles. The zero-order valence-corrected chi connectivity index (χ0v) is 9.66. The smallest absolute Gasteiger partial charge is 0.330 e. The summed E-state index contributed by atoms with van der Waals surface area (Å²) in [6, 6.07) is 7.46. The van der Waals surface area contributed by atoms with Crippen molar-refractivity contribution in [1.29, 1.82) is 0 Å². The Hall–Kier alpha value is -1.60. The van der Waals surface area contributed by atoms with Gasteiger partial charge in [-0.25, -0.2) is 4.98 Å². The second-order valence-electron chi connectivity index (χ2n) is 3.80. The van der Waals surface area contributed by atoms with E-state index in [9.17, 15) is 13.2 Å². The van der Waals surface area contributed by atoms with E-state index in [1.165, 1.54) is 0 Å². The summed E-state index contributed by atoms with van der Waals surface area (Å²) in [5.74, 6) is 0.610. The molecule has 1 N–H and O–H groups in total. The molecule has 0 fully saturated rings. The van der Waals surface area contributed by atoms with Gasteiger partial charge in [0.15, 0.2) is 6.61 Å². The minimum Gasteiger partial charge on any atom is -0.330 e. The van der Waals surface area contributed by atoms with Crippen LogP contribution in [0.2, 0.25) is 0 Å². The van der Waals surface area contributed by atoms with Gasteiger partial charge >= 0.3 is 6.18 Å². The van der Waals surface area contributed by atoms with Gasteiger partial charge in [-0.2, -0.15) is 18.7 Å². The third-order valence-corrected chi connectivity index (χ3v) is 2.45. The number of rotatable bonds is 4. The lowest BCUT2D eigenvalue weighted by molar-refractivity contribution is -0.190. The van der Waals surface area contributed by atoms with Crippen LogP contribution in [0.3, 0.4) is 0 Å². The number of alkyl halides is 3. The highest BCUT2D eigenvalue weighted by molar-refractivity contribution is 5.75. The van der Waals surface area contributed by atoms with Gasteiger partial charge in [0.1, 0.15) is 5.82 Å². The first kappa shape index (κ1) is 12.8. The van der Waals surface area contributed by atoms with Crippen LogP contribution in [0.25, 0.3) is 11.0 Å². The van der Waals surface area contributed by atoms with Crippen molar-refractivity contribution in [3.63, 3.8) is 0 Å². The average Bonchev–Trinajstić information content (AvgIpc) is 2.62. The normalized spacial score (nSPS) is 12.2. The summed E-state index contributed by atoms with van der Waals surface area (Å²) in [5, 5.41) is 0. The van der Waals surface area contributed by atoms with Gasteiger partial charge < -0.3 is 4.57 Å². The molecule has 0 aliphatic heterocycles. The minimum atomic E-state index is -4.33. The van der Waals surface area contributed by atoms with Crippen molar-refractivity contribution in [2.24, 2.45) is 7.05 Å². The summed E-state index contributed by atoms with van der Waals surface area (Å²) in [6.07, 6.45) is -4.33. The lowest BCUT2D eigenvalue weighted by Gasteiger charge is -2.08. The number of nitrogens with zero attached hydrogens (tertiary/aromatic N) is 2. The molecule has 0 radical (unpaired) electrons. The van der Waals surface area contributed by atoms with Gasteiger partial charge in [-0.15, -0.1) is 0 Å². The molecule has 0 aliphatic carbocycles. The largest absolute Gasteiger partial charge is 0.413 e. The topological polar surface area (TPSA) is 39.1 Å². The number of nitrogens with one attached hydrogen (secondary N) is 1. The molecular formula is C11H12F3N3O. The van der Waals surface area contributed by atoms with Gasteiger partial charge in [0.2, 0.25) is 0 Å². The maximum atomic E-state index is 11.8. The van der Waals surface area contributed by atoms with E-state index in [0.717, 1.165) is 11.0 Å². The summed E-state index contributed by atoms with van der Waals surface area (Å²) in [4.78, 5) is 8.61.